The van der Waals surface area contributed by atoms with E-state index in [-0.39, 0.29) is 5.91 Å². The van der Waals surface area contributed by atoms with Gasteiger partial charge < -0.3 is 20.9 Å². The fourth-order valence-corrected chi connectivity index (χ4v) is 1.94. The largest absolute Gasteiger partial charge is 0.355 e. The topological polar surface area (TPSA) is 61.6 Å². The van der Waals surface area contributed by atoms with Gasteiger partial charge in [-0.15, -0.1) is 12.3 Å². The molecule has 5 nitrogen and oxygen atoms in total. The summed E-state index contributed by atoms with van der Waals surface area (Å²) in [7, 11) is 2.14. The van der Waals surface area contributed by atoms with Crippen LogP contribution in [0.5, 0.6) is 0 Å². The number of nitrogens with one attached hydrogen (secondary N) is 1. The molecule has 1 atom stereocenters. The standard InChI is InChI=1S/C13H24N4O/c1-3-5-12(14)13(18)15-6-4-7-17-10-8-16(2)9-11-17/h1,12H,4-11,14H2,2H3,(H,15,18). The Morgan fingerprint density at radius 3 is 2.72 bits per heavy atom. The molecule has 0 saturated carbocycles. The van der Waals surface area contributed by atoms with E-state index in [4.69, 9.17) is 12.2 Å². The number of piperazine rings is 1. The van der Waals surface area contributed by atoms with Gasteiger partial charge in [-0.2, -0.15) is 0 Å². The smallest absolute Gasteiger partial charge is 0.237 e. The first-order valence-corrected chi connectivity index (χ1v) is 6.51. The molecule has 0 bridgehead atoms. The van der Waals surface area contributed by atoms with Gasteiger partial charge in [0, 0.05) is 39.1 Å². The third-order valence-electron chi connectivity index (χ3n) is 3.22. The van der Waals surface area contributed by atoms with E-state index in [1.54, 1.807) is 0 Å². The predicted octanol–water partition coefficient (Wildman–Crippen LogP) is -0.909. The molecule has 1 heterocycles. The van der Waals surface area contributed by atoms with Crippen LogP contribution in [0.2, 0.25) is 0 Å². The molecule has 1 fully saturated rings. The van der Waals surface area contributed by atoms with Gasteiger partial charge in [0.05, 0.1) is 6.04 Å². The fourth-order valence-electron chi connectivity index (χ4n) is 1.94. The normalized spacial score (nSPS) is 19.2. The van der Waals surface area contributed by atoms with Gasteiger partial charge in [-0.05, 0) is 20.0 Å². The Balaban J connectivity index is 2.05. The second-order valence-corrected chi connectivity index (χ2v) is 4.80. The Morgan fingerprint density at radius 1 is 1.44 bits per heavy atom. The molecule has 18 heavy (non-hydrogen) atoms. The van der Waals surface area contributed by atoms with Crippen LogP contribution in [-0.4, -0.2) is 68.1 Å². The maximum Gasteiger partial charge on any atom is 0.237 e. The third-order valence-corrected chi connectivity index (χ3v) is 3.22. The number of rotatable bonds is 6. The van der Waals surface area contributed by atoms with E-state index in [1.165, 1.54) is 0 Å². The lowest BCUT2D eigenvalue weighted by molar-refractivity contribution is -0.122. The highest BCUT2D eigenvalue weighted by molar-refractivity contribution is 5.81. The Hall–Kier alpha value is -1.09. The molecule has 3 N–H and O–H groups in total. The van der Waals surface area contributed by atoms with Crippen molar-refractivity contribution in [3.8, 4) is 12.3 Å². The van der Waals surface area contributed by atoms with Crippen molar-refractivity contribution in [2.24, 2.45) is 5.73 Å². The van der Waals surface area contributed by atoms with Gasteiger partial charge >= 0.3 is 0 Å². The molecular formula is C13H24N4O. The van der Waals surface area contributed by atoms with E-state index in [0.29, 0.717) is 13.0 Å². The quantitative estimate of drug-likeness (QED) is 0.475. The minimum absolute atomic E-state index is 0.147. The van der Waals surface area contributed by atoms with Crippen molar-refractivity contribution in [2.75, 3.05) is 46.3 Å². The van der Waals surface area contributed by atoms with E-state index in [2.05, 4.69) is 28.1 Å². The number of hydrogen-bond donors (Lipinski definition) is 2. The van der Waals surface area contributed by atoms with Gasteiger partial charge in [-0.1, -0.05) is 0 Å². The molecule has 1 unspecified atom stereocenters. The number of carbonyl (C=O) groups excluding carboxylic acids is 1. The summed E-state index contributed by atoms with van der Waals surface area (Å²) in [6, 6.07) is -0.571. The van der Waals surface area contributed by atoms with Gasteiger partial charge in [0.15, 0.2) is 0 Å². The number of carbonyl (C=O) groups is 1. The van der Waals surface area contributed by atoms with Crippen molar-refractivity contribution in [3.63, 3.8) is 0 Å². The van der Waals surface area contributed by atoms with Crippen molar-refractivity contribution in [1.82, 2.24) is 15.1 Å². The lowest BCUT2D eigenvalue weighted by atomic mass is 10.2. The van der Waals surface area contributed by atoms with Crippen molar-refractivity contribution in [2.45, 2.75) is 18.9 Å². The summed E-state index contributed by atoms with van der Waals surface area (Å²) in [5.41, 5.74) is 5.60. The van der Waals surface area contributed by atoms with Crippen molar-refractivity contribution in [3.05, 3.63) is 0 Å². The average Bonchev–Trinajstić information content (AvgIpc) is 2.36. The van der Waals surface area contributed by atoms with Crippen LogP contribution in [0.15, 0.2) is 0 Å². The molecule has 1 saturated heterocycles. The summed E-state index contributed by atoms with van der Waals surface area (Å²) >= 11 is 0. The Kier molecular flexibility index (Phi) is 6.73. The van der Waals surface area contributed by atoms with Crippen molar-refractivity contribution >= 4 is 5.91 Å². The molecule has 0 radical (unpaired) electrons. The van der Waals surface area contributed by atoms with Gasteiger partial charge in [0.2, 0.25) is 5.91 Å². The molecule has 0 aromatic carbocycles. The number of likely N-dealkylation sites (N-methyl/N-ethyl adjacent to an activating group) is 1. The van der Waals surface area contributed by atoms with Crippen LogP contribution in [0.25, 0.3) is 0 Å². The zero-order valence-electron chi connectivity index (χ0n) is 11.2. The molecule has 5 heteroatoms. The van der Waals surface area contributed by atoms with Gasteiger partial charge in [0.25, 0.3) is 0 Å². The van der Waals surface area contributed by atoms with Crippen molar-refractivity contribution in [1.29, 1.82) is 0 Å². The maximum atomic E-state index is 11.5. The summed E-state index contributed by atoms with van der Waals surface area (Å²) in [5.74, 6) is 2.25. The van der Waals surface area contributed by atoms with Crippen LogP contribution < -0.4 is 11.1 Å². The van der Waals surface area contributed by atoms with Gasteiger partial charge in [0.1, 0.15) is 0 Å². The molecule has 0 aliphatic carbocycles. The van der Waals surface area contributed by atoms with Crippen LogP contribution in [0.1, 0.15) is 12.8 Å². The second-order valence-electron chi connectivity index (χ2n) is 4.80. The summed E-state index contributed by atoms with van der Waals surface area (Å²) in [5, 5.41) is 2.82. The zero-order chi connectivity index (χ0) is 13.4. The predicted molar refractivity (Wildman–Crippen MR) is 73.0 cm³/mol. The number of hydrogen-bond acceptors (Lipinski definition) is 4. The van der Waals surface area contributed by atoms with E-state index in [1.807, 2.05) is 0 Å². The van der Waals surface area contributed by atoms with E-state index in [0.717, 1.165) is 39.1 Å². The fraction of sp³-hybridized carbons (Fsp3) is 0.769. The molecule has 0 aromatic heterocycles. The van der Waals surface area contributed by atoms with Crippen LogP contribution >= 0.6 is 0 Å². The van der Waals surface area contributed by atoms with E-state index < -0.39 is 6.04 Å². The third kappa shape index (κ3) is 5.50. The average molecular weight is 252 g/mol. The summed E-state index contributed by atoms with van der Waals surface area (Å²) in [4.78, 5) is 16.2. The van der Waals surface area contributed by atoms with Crippen LogP contribution in [0, 0.1) is 12.3 Å². The van der Waals surface area contributed by atoms with Crippen LogP contribution in [0.4, 0.5) is 0 Å². The minimum atomic E-state index is -0.571. The van der Waals surface area contributed by atoms with Gasteiger partial charge in [-0.25, -0.2) is 0 Å². The zero-order valence-corrected chi connectivity index (χ0v) is 11.2. The Labute approximate surface area is 110 Å². The summed E-state index contributed by atoms with van der Waals surface area (Å²) in [6.07, 6.45) is 6.36. The van der Waals surface area contributed by atoms with Crippen molar-refractivity contribution < 1.29 is 4.79 Å². The first kappa shape index (κ1) is 15.0. The number of nitrogens with zero attached hydrogens (tertiary/aromatic N) is 2. The minimum Gasteiger partial charge on any atom is -0.355 e. The first-order valence-electron chi connectivity index (χ1n) is 6.51. The Bertz CT molecular complexity index is 292. The molecule has 1 amide bonds. The second kappa shape index (κ2) is 8.09. The van der Waals surface area contributed by atoms with Crippen LogP contribution in [-0.2, 0) is 4.79 Å². The Morgan fingerprint density at radius 2 is 2.11 bits per heavy atom. The highest BCUT2D eigenvalue weighted by Gasteiger charge is 2.14. The highest BCUT2D eigenvalue weighted by atomic mass is 16.2. The van der Waals surface area contributed by atoms with Gasteiger partial charge in [-0.3, -0.25) is 4.79 Å². The molecular weight excluding hydrogens is 228 g/mol. The number of terminal acetylenes is 1. The molecule has 0 aromatic rings. The number of amides is 1. The lowest BCUT2D eigenvalue weighted by Crippen LogP contribution is -2.45. The molecule has 1 rings (SSSR count). The summed E-state index contributed by atoms with van der Waals surface area (Å²) in [6.45, 7) is 6.17. The molecule has 102 valence electrons. The van der Waals surface area contributed by atoms with E-state index in [9.17, 15) is 4.79 Å². The first-order chi connectivity index (χ1) is 8.63. The van der Waals surface area contributed by atoms with E-state index >= 15 is 0 Å². The SMILES string of the molecule is C#CCC(N)C(=O)NCCCN1CCN(C)CC1. The molecule has 0 spiro atoms. The molecule has 1 aliphatic heterocycles. The molecule has 1 aliphatic rings. The maximum absolute atomic E-state index is 11.5. The number of nitrogens with two attached hydrogens (primary N) is 1. The lowest BCUT2D eigenvalue weighted by Gasteiger charge is -2.32. The highest BCUT2D eigenvalue weighted by Crippen LogP contribution is 1.99. The van der Waals surface area contributed by atoms with Crippen LogP contribution in [0.3, 0.4) is 0 Å². The summed E-state index contributed by atoms with van der Waals surface area (Å²) < 4.78 is 0. The monoisotopic (exact) mass is 252 g/mol.